The molecule has 0 radical (unpaired) electrons. The predicted molar refractivity (Wildman–Crippen MR) is 96.0 cm³/mol. The van der Waals surface area contributed by atoms with E-state index in [9.17, 15) is 14.0 Å². The van der Waals surface area contributed by atoms with Crippen LogP contribution in [0.1, 0.15) is 16.2 Å². The average molecular weight is 378 g/mol. The number of nitrogens with zero attached hydrogens (tertiary/aromatic N) is 4. The fourth-order valence-electron chi connectivity index (χ4n) is 2.61. The van der Waals surface area contributed by atoms with E-state index in [-0.39, 0.29) is 10.7 Å². The lowest BCUT2D eigenvalue weighted by Crippen LogP contribution is -2.46. The van der Waals surface area contributed by atoms with Crippen LogP contribution in [0.15, 0.2) is 24.3 Å². The van der Waals surface area contributed by atoms with E-state index in [1.54, 1.807) is 17.9 Å². The Morgan fingerprint density at radius 2 is 1.96 bits per heavy atom. The Hall–Kier alpha value is -2.74. The molecular weight excluding hydrogens is 361 g/mol. The SMILES string of the molecule is Cc1cc(C(=O)Nc2ccc(F)c(Cl)c2)nc(N2CCN(C=O)CC2)n1. The Kier molecular flexibility index (Phi) is 5.32. The summed E-state index contributed by atoms with van der Waals surface area (Å²) in [4.78, 5) is 35.6. The van der Waals surface area contributed by atoms with E-state index in [0.717, 1.165) is 6.41 Å². The Morgan fingerprint density at radius 1 is 1.23 bits per heavy atom. The smallest absolute Gasteiger partial charge is 0.274 e. The zero-order valence-corrected chi connectivity index (χ0v) is 14.8. The van der Waals surface area contributed by atoms with Crippen LogP contribution in [0.25, 0.3) is 0 Å². The number of carbonyl (C=O) groups excluding carboxylic acids is 2. The van der Waals surface area contributed by atoms with Crippen LogP contribution >= 0.6 is 11.6 Å². The van der Waals surface area contributed by atoms with Crippen LogP contribution in [0.3, 0.4) is 0 Å². The first kappa shape index (κ1) is 18.1. The second-order valence-electron chi connectivity index (χ2n) is 5.91. The Balaban J connectivity index is 1.77. The van der Waals surface area contributed by atoms with Gasteiger partial charge in [-0.1, -0.05) is 11.6 Å². The van der Waals surface area contributed by atoms with Crippen molar-refractivity contribution < 1.29 is 14.0 Å². The van der Waals surface area contributed by atoms with Gasteiger partial charge in [-0.25, -0.2) is 14.4 Å². The molecule has 26 heavy (non-hydrogen) atoms. The van der Waals surface area contributed by atoms with Gasteiger partial charge >= 0.3 is 0 Å². The minimum Gasteiger partial charge on any atom is -0.342 e. The first-order valence-corrected chi connectivity index (χ1v) is 8.40. The number of rotatable bonds is 4. The number of aryl methyl sites for hydroxylation is 1. The molecule has 0 atom stereocenters. The van der Waals surface area contributed by atoms with Crippen molar-refractivity contribution in [3.63, 3.8) is 0 Å². The maximum atomic E-state index is 13.2. The zero-order chi connectivity index (χ0) is 18.7. The monoisotopic (exact) mass is 377 g/mol. The molecule has 9 heteroatoms. The van der Waals surface area contributed by atoms with Gasteiger partial charge < -0.3 is 15.1 Å². The highest BCUT2D eigenvalue weighted by molar-refractivity contribution is 6.31. The quantitative estimate of drug-likeness (QED) is 0.826. The van der Waals surface area contributed by atoms with Gasteiger partial charge in [-0.15, -0.1) is 0 Å². The molecule has 1 aliphatic rings. The summed E-state index contributed by atoms with van der Waals surface area (Å²) in [6.45, 7) is 4.12. The normalized spacial score (nSPS) is 14.3. The number of hydrogen-bond donors (Lipinski definition) is 1. The standard InChI is InChI=1S/C17H17ClFN5O2/c1-11-8-15(16(26)21-12-2-3-14(19)13(18)9-12)22-17(20-11)24-6-4-23(10-25)5-7-24/h2-3,8-10H,4-7H2,1H3,(H,21,26). The van der Waals surface area contributed by atoms with Crippen molar-refractivity contribution in [1.29, 1.82) is 0 Å². The molecule has 0 unspecified atom stereocenters. The third-order valence-corrected chi connectivity index (χ3v) is 4.29. The van der Waals surface area contributed by atoms with Crippen molar-refractivity contribution in [2.45, 2.75) is 6.92 Å². The van der Waals surface area contributed by atoms with Crippen molar-refractivity contribution in [3.05, 3.63) is 46.5 Å². The largest absolute Gasteiger partial charge is 0.342 e. The molecule has 1 aromatic heterocycles. The molecule has 0 saturated carbocycles. The van der Waals surface area contributed by atoms with Gasteiger partial charge in [0.2, 0.25) is 12.4 Å². The van der Waals surface area contributed by atoms with Gasteiger partial charge in [-0.05, 0) is 31.2 Å². The molecule has 1 aromatic carbocycles. The van der Waals surface area contributed by atoms with Gasteiger partial charge in [0.1, 0.15) is 11.5 Å². The van der Waals surface area contributed by atoms with Crippen LogP contribution in [0.4, 0.5) is 16.0 Å². The van der Waals surface area contributed by atoms with Gasteiger partial charge in [-0.3, -0.25) is 9.59 Å². The molecule has 2 heterocycles. The summed E-state index contributed by atoms with van der Waals surface area (Å²) in [5.41, 5.74) is 1.22. The lowest BCUT2D eigenvalue weighted by Gasteiger charge is -2.32. The topological polar surface area (TPSA) is 78.4 Å². The van der Waals surface area contributed by atoms with E-state index in [2.05, 4.69) is 15.3 Å². The van der Waals surface area contributed by atoms with E-state index in [1.165, 1.54) is 18.2 Å². The number of halogens is 2. The van der Waals surface area contributed by atoms with E-state index in [4.69, 9.17) is 11.6 Å². The molecule has 0 aliphatic carbocycles. The van der Waals surface area contributed by atoms with E-state index < -0.39 is 11.7 Å². The molecule has 7 nitrogen and oxygen atoms in total. The number of piperazine rings is 1. The molecule has 1 aliphatic heterocycles. The van der Waals surface area contributed by atoms with Gasteiger partial charge in [0, 0.05) is 37.6 Å². The van der Waals surface area contributed by atoms with E-state index in [1.807, 2.05) is 4.90 Å². The molecule has 1 N–H and O–H groups in total. The Bertz CT molecular complexity index is 840. The van der Waals surface area contributed by atoms with Crippen LogP contribution < -0.4 is 10.2 Å². The molecule has 2 amide bonds. The maximum Gasteiger partial charge on any atom is 0.274 e. The second-order valence-corrected chi connectivity index (χ2v) is 6.31. The second kappa shape index (κ2) is 7.65. The molecule has 1 saturated heterocycles. The number of benzene rings is 1. The highest BCUT2D eigenvalue weighted by Gasteiger charge is 2.20. The Morgan fingerprint density at radius 3 is 2.62 bits per heavy atom. The van der Waals surface area contributed by atoms with Crippen LogP contribution in [0.2, 0.25) is 5.02 Å². The first-order chi connectivity index (χ1) is 12.5. The molecule has 2 aromatic rings. The highest BCUT2D eigenvalue weighted by atomic mass is 35.5. The third kappa shape index (κ3) is 4.08. The highest BCUT2D eigenvalue weighted by Crippen LogP contribution is 2.20. The minimum absolute atomic E-state index is 0.0737. The van der Waals surface area contributed by atoms with Gasteiger partial charge in [0.25, 0.3) is 5.91 Å². The fraction of sp³-hybridized carbons (Fsp3) is 0.294. The zero-order valence-electron chi connectivity index (χ0n) is 14.1. The van der Waals surface area contributed by atoms with Crippen molar-refractivity contribution in [2.75, 3.05) is 36.4 Å². The number of nitrogens with one attached hydrogen (secondary N) is 1. The lowest BCUT2D eigenvalue weighted by molar-refractivity contribution is -0.118. The van der Waals surface area contributed by atoms with E-state index in [0.29, 0.717) is 43.5 Å². The molecular formula is C17H17ClFN5O2. The van der Waals surface area contributed by atoms with Gasteiger partial charge in [0.15, 0.2) is 0 Å². The van der Waals surface area contributed by atoms with Crippen molar-refractivity contribution in [1.82, 2.24) is 14.9 Å². The summed E-state index contributed by atoms with van der Waals surface area (Å²) in [6, 6.07) is 5.52. The molecule has 0 bridgehead atoms. The number of amides is 2. The van der Waals surface area contributed by atoms with Crippen LogP contribution in [0, 0.1) is 12.7 Å². The number of anilines is 2. The summed E-state index contributed by atoms with van der Waals surface area (Å²) < 4.78 is 13.2. The summed E-state index contributed by atoms with van der Waals surface area (Å²) in [5, 5.41) is 2.57. The molecule has 3 rings (SSSR count). The molecule has 136 valence electrons. The molecule has 1 fully saturated rings. The Labute approximate surface area is 154 Å². The van der Waals surface area contributed by atoms with Crippen molar-refractivity contribution in [3.8, 4) is 0 Å². The number of hydrogen-bond acceptors (Lipinski definition) is 5. The molecule has 0 spiro atoms. The summed E-state index contributed by atoms with van der Waals surface area (Å²) in [5.74, 6) is -0.553. The third-order valence-electron chi connectivity index (χ3n) is 4.00. The van der Waals surface area contributed by atoms with Crippen LogP contribution in [-0.4, -0.2) is 53.4 Å². The fourth-order valence-corrected chi connectivity index (χ4v) is 2.79. The summed E-state index contributed by atoms with van der Waals surface area (Å²) in [7, 11) is 0. The minimum atomic E-state index is -0.556. The predicted octanol–water partition coefficient (Wildman–Crippen LogP) is 2.11. The first-order valence-electron chi connectivity index (χ1n) is 8.02. The lowest BCUT2D eigenvalue weighted by atomic mass is 10.2. The van der Waals surface area contributed by atoms with Crippen molar-refractivity contribution in [2.24, 2.45) is 0 Å². The van der Waals surface area contributed by atoms with Crippen molar-refractivity contribution >= 4 is 35.6 Å². The maximum absolute atomic E-state index is 13.2. The van der Waals surface area contributed by atoms with E-state index >= 15 is 0 Å². The number of aromatic nitrogens is 2. The van der Waals surface area contributed by atoms with Gasteiger partial charge in [0.05, 0.1) is 5.02 Å². The van der Waals surface area contributed by atoms with Crippen LogP contribution in [-0.2, 0) is 4.79 Å². The average Bonchev–Trinajstić information content (AvgIpc) is 2.64. The number of carbonyl (C=O) groups is 2. The van der Waals surface area contributed by atoms with Gasteiger partial charge in [-0.2, -0.15) is 0 Å². The summed E-state index contributed by atoms with van der Waals surface area (Å²) >= 11 is 5.73. The summed E-state index contributed by atoms with van der Waals surface area (Å²) in [6.07, 6.45) is 0.821. The van der Waals surface area contributed by atoms with Crippen LogP contribution in [0.5, 0.6) is 0 Å².